The minimum Gasteiger partial charge on any atom is -0.497 e. The summed E-state index contributed by atoms with van der Waals surface area (Å²) >= 11 is 0. The topological polar surface area (TPSA) is 99.1 Å². The van der Waals surface area contributed by atoms with Crippen molar-refractivity contribution in [3.8, 4) is 5.75 Å². The normalized spacial score (nSPS) is 29.0. The van der Waals surface area contributed by atoms with E-state index in [1.165, 1.54) is 28.3 Å². The fraction of sp³-hybridized carbons (Fsp3) is 0.500. The van der Waals surface area contributed by atoms with Crippen LogP contribution in [0.25, 0.3) is 0 Å². The van der Waals surface area contributed by atoms with Gasteiger partial charge in [0.15, 0.2) is 5.78 Å². The second-order valence-corrected chi connectivity index (χ2v) is 6.30. The number of rotatable bonds is 4. The molecule has 1 N–H and O–H groups in total. The molecular weight excluding hydrogens is 328 g/mol. The number of benzene rings is 1. The maximum atomic E-state index is 12.6. The van der Waals surface area contributed by atoms with E-state index in [2.05, 4.69) is 0 Å². The minimum absolute atomic E-state index is 0.340. The maximum absolute atomic E-state index is 12.6. The molecule has 0 radical (unpaired) electrons. The number of ketones is 1. The lowest BCUT2D eigenvalue weighted by molar-refractivity contribution is -0.170. The minimum atomic E-state index is -1.65. The van der Waals surface area contributed by atoms with Gasteiger partial charge in [0.1, 0.15) is 11.7 Å². The van der Waals surface area contributed by atoms with Crippen LogP contribution >= 0.6 is 0 Å². The van der Waals surface area contributed by atoms with Crippen LogP contribution in [-0.2, 0) is 23.9 Å². The van der Waals surface area contributed by atoms with E-state index in [0.29, 0.717) is 11.3 Å². The molecule has 7 nitrogen and oxygen atoms in total. The molecule has 136 valence electrons. The molecule has 0 saturated heterocycles. The Morgan fingerprint density at radius 2 is 1.80 bits per heavy atom. The molecule has 0 aromatic heterocycles. The van der Waals surface area contributed by atoms with Crippen LogP contribution in [0.4, 0.5) is 0 Å². The number of Topliss-reactive ketones (excluding diaryl/α,β-unsaturated/α-hetero) is 1. The third-order valence-corrected chi connectivity index (χ3v) is 4.66. The van der Waals surface area contributed by atoms with Crippen LogP contribution in [0, 0.1) is 11.8 Å². The number of methoxy groups -OCH3 is 3. The first kappa shape index (κ1) is 18.9. The SMILES string of the molecule is COC(=O)C1C(=O)CC(C)(O)C(C(=O)OC)C1c1cccc(OC)c1. The Labute approximate surface area is 145 Å². The van der Waals surface area contributed by atoms with Crippen LogP contribution in [-0.4, -0.2) is 49.8 Å². The van der Waals surface area contributed by atoms with Crippen molar-refractivity contribution in [3.05, 3.63) is 29.8 Å². The summed E-state index contributed by atoms with van der Waals surface area (Å²) in [6, 6.07) is 6.69. The first-order valence-electron chi connectivity index (χ1n) is 7.81. The third-order valence-electron chi connectivity index (χ3n) is 4.66. The Balaban J connectivity index is 2.66. The van der Waals surface area contributed by atoms with Crippen molar-refractivity contribution in [1.82, 2.24) is 0 Å². The predicted octanol–water partition coefficient (Wildman–Crippen LogP) is 1.08. The van der Waals surface area contributed by atoms with Gasteiger partial charge in [-0.2, -0.15) is 0 Å². The summed E-state index contributed by atoms with van der Waals surface area (Å²) in [4.78, 5) is 37.2. The van der Waals surface area contributed by atoms with Crippen LogP contribution in [0.2, 0.25) is 0 Å². The lowest BCUT2D eigenvalue weighted by Gasteiger charge is -2.43. The largest absolute Gasteiger partial charge is 0.497 e. The summed E-state index contributed by atoms with van der Waals surface area (Å²) in [5, 5.41) is 10.7. The molecule has 1 aromatic rings. The van der Waals surface area contributed by atoms with Crippen molar-refractivity contribution in [3.63, 3.8) is 0 Å². The van der Waals surface area contributed by atoms with Crippen LogP contribution in [0.5, 0.6) is 5.75 Å². The van der Waals surface area contributed by atoms with E-state index in [4.69, 9.17) is 14.2 Å². The summed E-state index contributed by atoms with van der Waals surface area (Å²) in [7, 11) is 3.86. The maximum Gasteiger partial charge on any atom is 0.316 e. The summed E-state index contributed by atoms with van der Waals surface area (Å²) in [6.07, 6.45) is -0.340. The molecule has 1 aromatic carbocycles. The molecule has 7 heteroatoms. The molecule has 0 bridgehead atoms. The van der Waals surface area contributed by atoms with Crippen molar-refractivity contribution >= 4 is 17.7 Å². The van der Waals surface area contributed by atoms with E-state index < -0.39 is 41.1 Å². The van der Waals surface area contributed by atoms with Gasteiger partial charge >= 0.3 is 11.9 Å². The van der Waals surface area contributed by atoms with Crippen molar-refractivity contribution in [2.75, 3.05) is 21.3 Å². The molecule has 4 unspecified atom stereocenters. The lowest BCUT2D eigenvalue weighted by atomic mass is 9.61. The number of esters is 2. The van der Waals surface area contributed by atoms with E-state index in [1.54, 1.807) is 24.3 Å². The molecule has 1 fully saturated rings. The molecule has 1 saturated carbocycles. The number of carbonyl (C=O) groups is 3. The van der Waals surface area contributed by atoms with Crippen LogP contribution in [0.3, 0.4) is 0 Å². The number of ether oxygens (including phenoxy) is 3. The summed E-state index contributed by atoms with van der Waals surface area (Å²) in [5.74, 6) is -4.66. The van der Waals surface area contributed by atoms with Crippen LogP contribution < -0.4 is 4.74 Å². The zero-order valence-corrected chi connectivity index (χ0v) is 14.6. The smallest absolute Gasteiger partial charge is 0.316 e. The molecule has 4 atom stereocenters. The Morgan fingerprint density at radius 3 is 2.36 bits per heavy atom. The zero-order chi connectivity index (χ0) is 18.8. The number of carbonyl (C=O) groups excluding carboxylic acids is 3. The van der Waals surface area contributed by atoms with Crippen LogP contribution in [0.1, 0.15) is 24.8 Å². The average Bonchev–Trinajstić information content (AvgIpc) is 2.59. The highest BCUT2D eigenvalue weighted by Crippen LogP contribution is 2.47. The van der Waals surface area contributed by atoms with Crippen molar-refractivity contribution in [2.24, 2.45) is 11.8 Å². The highest BCUT2D eigenvalue weighted by Gasteiger charge is 2.56. The Morgan fingerprint density at radius 1 is 1.16 bits per heavy atom. The Kier molecular flexibility index (Phi) is 5.47. The molecule has 1 aliphatic carbocycles. The van der Waals surface area contributed by atoms with E-state index in [1.807, 2.05) is 0 Å². The Bertz CT molecular complexity index is 680. The fourth-order valence-electron chi connectivity index (χ4n) is 3.52. The summed E-state index contributed by atoms with van der Waals surface area (Å²) in [5.41, 5.74) is -1.14. The first-order chi connectivity index (χ1) is 11.8. The Hall–Kier alpha value is -2.41. The first-order valence-corrected chi connectivity index (χ1v) is 7.81. The summed E-state index contributed by atoms with van der Waals surface area (Å²) in [6.45, 7) is 1.40. The van der Waals surface area contributed by atoms with Crippen molar-refractivity contribution < 1.29 is 33.7 Å². The molecular formula is C18H22O7. The van der Waals surface area contributed by atoms with E-state index in [-0.39, 0.29) is 6.42 Å². The molecule has 0 amide bonds. The van der Waals surface area contributed by atoms with Gasteiger partial charge in [0.25, 0.3) is 0 Å². The predicted molar refractivity (Wildman–Crippen MR) is 87.0 cm³/mol. The lowest BCUT2D eigenvalue weighted by Crippen LogP contribution is -2.55. The van der Waals surface area contributed by atoms with Gasteiger partial charge in [-0.3, -0.25) is 14.4 Å². The number of aliphatic hydroxyl groups is 1. The summed E-state index contributed by atoms with van der Waals surface area (Å²) < 4.78 is 14.8. The van der Waals surface area contributed by atoms with Crippen molar-refractivity contribution in [2.45, 2.75) is 24.9 Å². The number of hydrogen-bond acceptors (Lipinski definition) is 7. The highest BCUT2D eigenvalue weighted by molar-refractivity contribution is 6.02. The quantitative estimate of drug-likeness (QED) is 0.641. The van der Waals surface area contributed by atoms with E-state index in [9.17, 15) is 19.5 Å². The van der Waals surface area contributed by atoms with E-state index >= 15 is 0 Å². The number of hydrogen-bond donors (Lipinski definition) is 1. The monoisotopic (exact) mass is 350 g/mol. The molecule has 1 aliphatic rings. The molecule has 0 spiro atoms. The van der Waals surface area contributed by atoms with Gasteiger partial charge in [0.2, 0.25) is 0 Å². The molecule has 0 heterocycles. The molecule has 0 aliphatic heterocycles. The van der Waals surface area contributed by atoms with E-state index in [0.717, 1.165) is 0 Å². The fourth-order valence-corrected chi connectivity index (χ4v) is 3.52. The standard InChI is InChI=1S/C18H22O7/c1-18(22)9-12(19)14(16(20)24-3)13(15(18)17(21)25-4)10-6-5-7-11(8-10)23-2/h5-8,13-15,22H,9H2,1-4H3. The van der Waals surface area contributed by atoms with Gasteiger partial charge in [0.05, 0.1) is 32.8 Å². The molecule has 2 rings (SSSR count). The molecule has 25 heavy (non-hydrogen) atoms. The van der Waals surface area contributed by atoms with Crippen LogP contribution in [0.15, 0.2) is 24.3 Å². The van der Waals surface area contributed by atoms with Gasteiger partial charge in [-0.25, -0.2) is 0 Å². The van der Waals surface area contributed by atoms with Crippen molar-refractivity contribution in [1.29, 1.82) is 0 Å². The zero-order valence-electron chi connectivity index (χ0n) is 14.6. The van der Waals surface area contributed by atoms with Gasteiger partial charge in [-0.05, 0) is 24.6 Å². The highest BCUT2D eigenvalue weighted by atomic mass is 16.5. The average molecular weight is 350 g/mol. The van der Waals surface area contributed by atoms with Gasteiger partial charge < -0.3 is 19.3 Å². The van der Waals surface area contributed by atoms with Gasteiger partial charge in [0, 0.05) is 12.3 Å². The second-order valence-electron chi connectivity index (χ2n) is 6.30. The third kappa shape index (κ3) is 3.51. The second kappa shape index (κ2) is 7.23. The van der Waals surface area contributed by atoms with Gasteiger partial charge in [-0.1, -0.05) is 12.1 Å². The van der Waals surface area contributed by atoms with Gasteiger partial charge in [-0.15, -0.1) is 0 Å².